The Morgan fingerprint density at radius 3 is 2.38 bits per heavy atom. The van der Waals surface area contributed by atoms with E-state index in [1.807, 2.05) is 36.4 Å². The van der Waals surface area contributed by atoms with Crippen molar-refractivity contribution in [1.82, 2.24) is 5.43 Å². The molecule has 0 saturated carbocycles. The summed E-state index contributed by atoms with van der Waals surface area (Å²) in [6.45, 7) is 0.174. The molecular formula is C26H21N3O4S. The van der Waals surface area contributed by atoms with Crippen molar-refractivity contribution in [2.75, 3.05) is 11.4 Å². The van der Waals surface area contributed by atoms with Crippen molar-refractivity contribution in [3.63, 3.8) is 0 Å². The number of hydrogen-bond acceptors (Lipinski definition) is 5. The predicted octanol–water partition coefficient (Wildman–Crippen LogP) is 4.32. The summed E-state index contributed by atoms with van der Waals surface area (Å²) in [5.41, 5.74) is 5.18. The summed E-state index contributed by atoms with van der Waals surface area (Å²) < 4.78 is 32.8. The fourth-order valence-corrected chi connectivity index (χ4v) is 5.67. The Hall–Kier alpha value is -4.17. The van der Waals surface area contributed by atoms with Crippen molar-refractivity contribution < 1.29 is 17.9 Å². The van der Waals surface area contributed by atoms with Crippen molar-refractivity contribution in [1.29, 1.82) is 0 Å². The summed E-state index contributed by atoms with van der Waals surface area (Å²) in [5.74, 6) is 0.380. The monoisotopic (exact) mass is 471 g/mol. The number of benzene rings is 4. The van der Waals surface area contributed by atoms with Crippen LogP contribution in [0.5, 0.6) is 5.75 Å². The van der Waals surface area contributed by atoms with Crippen LogP contribution in [-0.4, -0.2) is 27.6 Å². The largest absolute Gasteiger partial charge is 0.497 e. The SMILES string of the molecule is COc1ccc(/C=N\NC(=O)c2ccc(CN3c4cccc5cccc(c45)S3(=O)=O)cc2)cc1. The molecule has 34 heavy (non-hydrogen) atoms. The topological polar surface area (TPSA) is 88.1 Å². The Morgan fingerprint density at radius 2 is 1.68 bits per heavy atom. The summed E-state index contributed by atoms with van der Waals surface area (Å²) in [6, 6.07) is 25.0. The molecule has 0 bridgehead atoms. The minimum absolute atomic E-state index is 0.174. The van der Waals surface area contributed by atoms with E-state index in [1.54, 1.807) is 61.9 Å². The van der Waals surface area contributed by atoms with Crippen molar-refractivity contribution in [2.24, 2.45) is 5.10 Å². The average molecular weight is 472 g/mol. The van der Waals surface area contributed by atoms with E-state index in [1.165, 1.54) is 4.31 Å². The van der Waals surface area contributed by atoms with Crippen molar-refractivity contribution in [2.45, 2.75) is 11.4 Å². The van der Waals surface area contributed by atoms with E-state index in [-0.39, 0.29) is 12.5 Å². The van der Waals surface area contributed by atoms with Gasteiger partial charge in [-0.15, -0.1) is 0 Å². The Kier molecular flexibility index (Phi) is 5.51. The maximum absolute atomic E-state index is 13.2. The van der Waals surface area contributed by atoms with Crippen LogP contribution < -0.4 is 14.5 Å². The zero-order valence-electron chi connectivity index (χ0n) is 18.3. The van der Waals surface area contributed by atoms with Crippen LogP contribution in [0.4, 0.5) is 5.69 Å². The summed E-state index contributed by atoms with van der Waals surface area (Å²) in [6.07, 6.45) is 1.54. The molecule has 1 amide bonds. The van der Waals surface area contributed by atoms with Gasteiger partial charge in [-0.3, -0.25) is 9.10 Å². The number of carbonyl (C=O) groups is 1. The van der Waals surface area contributed by atoms with Gasteiger partial charge in [-0.05, 0) is 65.0 Å². The van der Waals surface area contributed by atoms with Crippen LogP contribution in [0.25, 0.3) is 10.8 Å². The number of sulfonamides is 1. The average Bonchev–Trinajstić information content (AvgIpc) is 3.08. The number of hydrogen-bond donors (Lipinski definition) is 1. The summed E-state index contributed by atoms with van der Waals surface area (Å²) in [5, 5.41) is 5.63. The van der Waals surface area contributed by atoms with Gasteiger partial charge in [0.15, 0.2) is 0 Å². The fourth-order valence-electron chi connectivity index (χ4n) is 3.98. The zero-order chi connectivity index (χ0) is 23.7. The highest BCUT2D eigenvalue weighted by Crippen LogP contribution is 2.42. The molecular weight excluding hydrogens is 450 g/mol. The highest BCUT2D eigenvalue weighted by molar-refractivity contribution is 7.93. The van der Waals surface area contributed by atoms with Gasteiger partial charge in [0.05, 0.1) is 30.5 Å². The molecule has 4 aromatic carbocycles. The number of hydrazone groups is 1. The van der Waals surface area contributed by atoms with E-state index < -0.39 is 10.0 Å². The van der Waals surface area contributed by atoms with Gasteiger partial charge in [0.2, 0.25) is 0 Å². The molecule has 8 heteroatoms. The number of methoxy groups -OCH3 is 1. The Labute approximate surface area is 197 Å². The molecule has 170 valence electrons. The molecule has 0 saturated heterocycles. The third-order valence-corrected chi connectivity index (χ3v) is 7.52. The molecule has 1 aliphatic rings. The molecule has 1 N–H and O–H groups in total. The number of anilines is 1. The van der Waals surface area contributed by atoms with Crippen molar-refractivity contribution >= 4 is 38.6 Å². The second kappa shape index (κ2) is 8.64. The molecule has 7 nitrogen and oxygen atoms in total. The molecule has 0 unspecified atom stereocenters. The second-order valence-electron chi connectivity index (χ2n) is 7.81. The van der Waals surface area contributed by atoms with Crippen molar-refractivity contribution in [3.05, 3.63) is 102 Å². The van der Waals surface area contributed by atoms with Crippen LogP contribution in [0.3, 0.4) is 0 Å². The first-order valence-electron chi connectivity index (χ1n) is 10.6. The minimum atomic E-state index is -3.64. The molecule has 0 spiro atoms. The first-order chi connectivity index (χ1) is 16.5. The Bertz CT molecular complexity index is 1510. The quantitative estimate of drug-likeness (QED) is 0.335. The molecule has 0 aromatic heterocycles. The molecule has 0 radical (unpaired) electrons. The molecule has 1 heterocycles. The summed E-state index contributed by atoms with van der Waals surface area (Å²) in [4.78, 5) is 12.7. The Morgan fingerprint density at radius 1 is 0.971 bits per heavy atom. The van der Waals surface area contributed by atoms with Gasteiger partial charge >= 0.3 is 0 Å². The minimum Gasteiger partial charge on any atom is -0.497 e. The molecule has 1 aliphatic heterocycles. The van der Waals surface area contributed by atoms with Gasteiger partial charge in [-0.1, -0.05) is 36.4 Å². The van der Waals surface area contributed by atoms with Crippen LogP contribution in [0.15, 0.2) is 94.9 Å². The van der Waals surface area contributed by atoms with Crippen LogP contribution >= 0.6 is 0 Å². The summed E-state index contributed by atoms with van der Waals surface area (Å²) in [7, 11) is -2.04. The van der Waals surface area contributed by atoms with Gasteiger partial charge in [0.1, 0.15) is 5.75 Å². The number of nitrogens with zero attached hydrogens (tertiary/aromatic N) is 2. The zero-order valence-corrected chi connectivity index (χ0v) is 19.1. The Balaban J connectivity index is 1.29. The number of carbonyl (C=O) groups excluding carboxylic acids is 1. The predicted molar refractivity (Wildman–Crippen MR) is 132 cm³/mol. The number of ether oxygens (including phenoxy) is 1. The normalized spacial score (nSPS) is 14.0. The third kappa shape index (κ3) is 3.88. The maximum Gasteiger partial charge on any atom is 0.271 e. The van der Waals surface area contributed by atoms with Crippen LogP contribution in [0.2, 0.25) is 0 Å². The fraction of sp³-hybridized carbons (Fsp3) is 0.0769. The van der Waals surface area contributed by atoms with E-state index in [0.717, 1.165) is 27.6 Å². The van der Waals surface area contributed by atoms with E-state index in [9.17, 15) is 13.2 Å². The number of rotatable bonds is 6. The van der Waals surface area contributed by atoms with Crippen molar-refractivity contribution in [3.8, 4) is 5.75 Å². The number of amides is 1. The third-order valence-electron chi connectivity index (χ3n) is 5.72. The smallest absolute Gasteiger partial charge is 0.271 e. The lowest BCUT2D eigenvalue weighted by Crippen LogP contribution is -2.26. The molecule has 0 aliphatic carbocycles. The van der Waals surface area contributed by atoms with Gasteiger partial charge in [-0.25, -0.2) is 13.8 Å². The molecule has 0 fully saturated rings. The lowest BCUT2D eigenvalue weighted by Gasteiger charge is -2.19. The second-order valence-corrected chi connectivity index (χ2v) is 9.64. The molecule has 0 atom stereocenters. The maximum atomic E-state index is 13.2. The van der Waals surface area contributed by atoms with Gasteiger partial charge < -0.3 is 4.74 Å². The first-order valence-corrected chi connectivity index (χ1v) is 12.0. The van der Waals surface area contributed by atoms with Gasteiger partial charge in [0, 0.05) is 10.9 Å². The number of nitrogens with one attached hydrogen (secondary N) is 1. The van der Waals surface area contributed by atoms with Crippen LogP contribution in [-0.2, 0) is 16.6 Å². The first kappa shape index (κ1) is 21.7. The van der Waals surface area contributed by atoms with Gasteiger partial charge in [0.25, 0.3) is 15.9 Å². The van der Waals surface area contributed by atoms with E-state index in [0.29, 0.717) is 16.1 Å². The van der Waals surface area contributed by atoms with Gasteiger partial charge in [-0.2, -0.15) is 5.10 Å². The molecule has 4 aromatic rings. The standard InChI is InChI=1S/C26H21N3O4S/c1-33-22-14-10-18(11-15-22)16-27-28-26(30)21-12-8-19(9-13-21)17-29-23-6-2-4-20-5-3-7-24(25(20)23)34(29,31)32/h2-16H,17H2,1H3,(H,28,30)/b27-16-. The highest BCUT2D eigenvalue weighted by Gasteiger charge is 2.35. The van der Waals surface area contributed by atoms with E-state index in [2.05, 4.69) is 10.5 Å². The van der Waals surface area contributed by atoms with E-state index in [4.69, 9.17) is 4.74 Å². The lowest BCUT2D eigenvalue weighted by molar-refractivity contribution is 0.0955. The highest BCUT2D eigenvalue weighted by atomic mass is 32.2. The van der Waals surface area contributed by atoms with Crippen LogP contribution in [0.1, 0.15) is 21.5 Å². The van der Waals surface area contributed by atoms with E-state index >= 15 is 0 Å². The lowest BCUT2D eigenvalue weighted by atomic mass is 10.1. The summed E-state index contributed by atoms with van der Waals surface area (Å²) >= 11 is 0. The van der Waals surface area contributed by atoms with Crippen LogP contribution in [0, 0.1) is 0 Å². The molecule has 5 rings (SSSR count).